The lowest BCUT2D eigenvalue weighted by Gasteiger charge is -2.53. The summed E-state index contributed by atoms with van der Waals surface area (Å²) in [4.78, 5) is 41.3. The predicted octanol–water partition coefficient (Wildman–Crippen LogP) is -3.75. The van der Waals surface area contributed by atoms with Gasteiger partial charge in [-0.2, -0.15) is 0 Å². The zero-order valence-corrected chi connectivity index (χ0v) is 86.3. The van der Waals surface area contributed by atoms with Crippen LogP contribution in [0, 0.1) is 0 Å². The van der Waals surface area contributed by atoms with Crippen molar-refractivity contribution < 1.29 is 222 Å². The number of nitrogens with one attached hydrogen (secondary N) is 3. The molecule has 0 spiro atoms. The first kappa shape index (κ1) is 128. The topological polar surface area (TPSA) is 739 Å². The maximum Gasteiger partial charge on any atom is 0.220 e. The molecule has 9 aliphatic heterocycles. The summed E-state index contributed by atoms with van der Waals surface area (Å²) in [7, 11) is 0. The van der Waals surface area contributed by atoms with Crippen LogP contribution < -0.4 is 16.0 Å². The van der Waals surface area contributed by atoms with Crippen molar-refractivity contribution in [2.75, 3.05) is 46.2 Å². The summed E-state index contributed by atoms with van der Waals surface area (Å²) < 4.78 is 111. The molecule has 9 aliphatic rings. The molecule has 0 aromatic carbocycles. The van der Waals surface area contributed by atoms with Crippen molar-refractivity contribution in [2.24, 2.45) is 0 Å². The molecule has 9 heterocycles. The summed E-state index contributed by atoms with van der Waals surface area (Å²) in [5.41, 5.74) is 0. The molecule has 0 aromatic heterocycles. The van der Waals surface area contributed by atoms with E-state index in [1.54, 1.807) is 6.08 Å². The van der Waals surface area contributed by atoms with Gasteiger partial charge in [-0.15, -0.1) is 0 Å². The fourth-order valence-corrected chi connectivity index (χ4v) is 20.1. The van der Waals surface area contributed by atoms with Crippen molar-refractivity contribution in [1.82, 2.24) is 16.0 Å². The van der Waals surface area contributed by atoms with E-state index in [1.807, 2.05) is 6.08 Å². The normalized spacial score (nSPS) is 40.5. The highest BCUT2D eigenvalue weighted by Crippen LogP contribution is 2.43. The van der Waals surface area contributed by atoms with Gasteiger partial charge in [0.05, 0.1) is 76.7 Å². The molecule has 3 amide bonds. The van der Waals surface area contributed by atoms with E-state index < -0.39 is 346 Å². The average Bonchev–Trinajstić information content (AvgIpc) is 0.753. The molecule has 27 N–H and O–H groups in total. The number of amides is 3. The summed E-state index contributed by atoms with van der Waals surface area (Å²) >= 11 is 0. The molecule has 48 nitrogen and oxygen atoms in total. The van der Waals surface area contributed by atoms with Crippen molar-refractivity contribution in [3.05, 3.63) is 24.3 Å². The molecule has 9 fully saturated rings. The molecular formula is C100H177N3O45. The van der Waals surface area contributed by atoms with Crippen LogP contribution in [0.5, 0.6) is 0 Å². The van der Waals surface area contributed by atoms with E-state index >= 15 is 0 Å². The first-order valence-electron chi connectivity index (χ1n) is 53.7. The van der Waals surface area contributed by atoms with E-state index in [4.69, 9.17) is 85.3 Å². The molecule has 0 radical (unpaired) electrons. The summed E-state index contributed by atoms with van der Waals surface area (Å²) in [5, 5.41) is 282. The fraction of sp³-hybridized carbons (Fsp3) is 0.930. The molecule has 862 valence electrons. The summed E-state index contributed by atoms with van der Waals surface area (Å²) in [6.45, 7) is 2.72. The Morgan fingerprint density at radius 2 is 0.561 bits per heavy atom. The monoisotopic (exact) mass is 2140 g/mol. The number of unbranched alkanes of at least 4 members (excludes halogenated alkanes) is 28. The number of aliphatic hydroxyl groups excluding tert-OH is 24. The zero-order chi connectivity index (χ0) is 108. The maximum atomic E-state index is 13.8. The first-order valence-corrected chi connectivity index (χ1v) is 53.7. The Morgan fingerprint density at radius 3 is 0.939 bits per heavy atom. The van der Waals surface area contributed by atoms with Crippen LogP contribution in [0.2, 0.25) is 0 Å². The Bertz CT molecular complexity index is 3720. The third kappa shape index (κ3) is 36.4. The van der Waals surface area contributed by atoms with Gasteiger partial charge in [-0.25, -0.2) is 0 Å². The van der Waals surface area contributed by atoms with Gasteiger partial charge in [-0.3, -0.25) is 14.4 Å². The van der Waals surface area contributed by atoms with Crippen LogP contribution in [0.4, 0.5) is 0 Å². The van der Waals surface area contributed by atoms with E-state index in [9.17, 15) is 137 Å². The van der Waals surface area contributed by atoms with E-state index in [0.717, 1.165) is 90.9 Å². The molecule has 9 rings (SSSR count). The van der Waals surface area contributed by atoms with Gasteiger partial charge in [0.2, 0.25) is 17.7 Å². The molecule has 0 bridgehead atoms. The molecule has 0 saturated carbocycles. The second-order valence-corrected chi connectivity index (χ2v) is 40.8. The highest BCUT2D eigenvalue weighted by atomic mass is 16.8. The number of carbonyl (C=O) groups is 3. The summed E-state index contributed by atoms with van der Waals surface area (Å²) in [5.74, 6) is -2.37. The van der Waals surface area contributed by atoms with Gasteiger partial charge < -0.3 is 224 Å². The van der Waals surface area contributed by atoms with Gasteiger partial charge in [0.1, 0.15) is 201 Å². The highest BCUT2D eigenvalue weighted by Gasteiger charge is 2.62. The second kappa shape index (κ2) is 65.5. The van der Waals surface area contributed by atoms with E-state index in [-0.39, 0.29) is 12.3 Å². The third-order valence-corrected chi connectivity index (χ3v) is 29.1. The molecule has 0 aromatic rings. The molecule has 48 heteroatoms. The Morgan fingerprint density at radius 1 is 0.277 bits per heavy atom. The lowest BCUT2D eigenvalue weighted by molar-refractivity contribution is -0.404. The van der Waals surface area contributed by atoms with E-state index in [0.29, 0.717) is 12.8 Å². The minimum absolute atomic E-state index is 0.128. The van der Waals surface area contributed by atoms with Crippen LogP contribution in [-0.4, -0.2) is 475 Å². The summed E-state index contributed by atoms with van der Waals surface area (Å²) in [6.07, 6.45) is -45.6. The van der Waals surface area contributed by atoms with Crippen LogP contribution in [0.15, 0.2) is 24.3 Å². The van der Waals surface area contributed by atoms with Crippen molar-refractivity contribution >= 4 is 17.7 Å². The molecular weight excluding hydrogens is 1960 g/mol. The number of carbonyl (C=O) groups excluding carboxylic acids is 3. The lowest BCUT2D eigenvalue weighted by Crippen LogP contribution is -2.72. The second-order valence-electron chi connectivity index (χ2n) is 40.8. The first-order chi connectivity index (χ1) is 70.9. The number of aliphatic hydroxyl groups is 24. The molecule has 0 aliphatic carbocycles. The van der Waals surface area contributed by atoms with Gasteiger partial charge in [-0.05, 0) is 65.7 Å². The minimum Gasteiger partial charge on any atom is -0.394 e. The molecule has 18 unspecified atom stereocenters. The predicted molar refractivity (Wildman–Crippen MR) is 515 cm³/mol. The van der Waals surface area contributed by atoms with Crippen LogP contribution in [-0.2, 0) is 99.6 Å². The van der Waals surface area contributed by atoms with Crippen LogP contribution in [0.1, 0.15) is 254 Å². The van der Waals surface area contributed by atoms with E-state index in [2.05, 4.69) is 41.9 Å². The summed E-state index contributed by atoms with van der Waals surface area (Å²) in [6, 6.07) is -5.22. The van der Waals surface area contributed by atoms with Crippen LogP contribution >= 0.6 is 0 Å². The van der Waals surface area contributed by atoms with Gasteiger partial charge in [0.25, 0.3) is 0 Å². The number of hydrogen-bond donors (Lipinski definition) is 27. The van der Waals surface area contributed by atoms with Crippen molar-refractivity contribution in [3.63, 3.8) is 0 Å². The Kier molecular flexibility index (Phi) is 56.5. The Balaban J connectivity index is 0.914. The highest BCUT2D eigenvalue weighted by molar-refractivity contribution is 5.76. The third-order valence-electron chi connectivity index (χ3n) is 29.1. The SMILES string of the molecule is CCCCCCCC/C=C\CCCCCCCCCCCCCC(=O)N[C@@H](CO[C@@H]1OC(CO)[C@@H](O[C@@H]2OC(CO)[C@H](O)[C@H](O[C@@H]3OC(CO)[C@@H](O[C@@H]4OC(CO)[C@H](O)[C@H](O[C@@H]5OC(CO)[C@@H](O[C@@H]6OC(CO)[C@H](O)[C@H](O)C6O[C@H]6OC(C)[C@@H](O)C(O)[C@@H]6O)[C@H](O[C@H]6OC(C)[C@@H](O)C(O)[C@@H]6O)C5NC(C)=O)C4O)[C@H](O[C@H]4OC(C)[C@@H](O)C(O)[C@@H]4O)C3NC(C)=O)C2O)[C@H](O)C1O)[C@H](O)/C=C/CCCCCCCCCCCCC. The Labute approximate surface area is 865 Å². The van der Waals surface area contributed by atoms with Crippen molar-refractivity contribution in [3.8, 4) is 0 Å². The number of allylic oxidation sites excluding steroid dienone is 3. The minimum atomic E-state index is -2.51. The van der Waals surface area contributed by atoms with Crippen LogP contribution in [0.25, 0.3) is 0 Å². The fourth-order valence-electron chi connectivity index (χ4n) is 20.1. The van der Waals surface area contributed by atoms with Gasteiger partial charge in [-0.1, -0.05) is 192 Å². The number of rotatable bonds is 63. The van der Waals surface area contributed by atoms with Gasteiger partial charge >= 0.3 is 0 Å². The van der Waals surface area contributed by atoms with Crippen molar-refractivity contribution in [2.45, 2.75) is 542 Å². The molecule has 148 heavy (non-hydrogen) atoms. The Hall–Kier alpha value is -3.79. The van der Waals surface area contributed by atoms with Gasteiger partial charge in [0, 0.05) is 20.3 Å². The maximum absolute atomic E-state index is 13.8. The average molecular weight is 2140 g/mol. The smallest absolute Gasteiger partial charge is 0.220 e. The van der Waals surface area contributed by atoms with Crippen molar-refractivity contribution in [1.29, 1.82) is 0 Å². The largest absolute Gasteiger partial charge is 0.394 e. The van der Waals surface area contributed by atoms with Crippen LogP contribution in [0.3, 0.4) is 0 Å². The standard InChI is InChI=1S/C100H177N3O45/c1-8-10-12-14-16-18-20-22-23-24-25-26-27-28-29-31-33-35-37-39-41-43-64(113)103-56(57(112)42-40-38-36-34-32-30-21-19-17-15-13-11-9-2)50-131-94-81(128)77(124)84(61(47-107)140-94)141-98-82(129)89(71(118)59(45-105)135-98)146-92-65(101-54(6)110)87(144-95-78(125)73(120)67(114)51(3)132-95)85(62(48-108)138-92)142-99-83(130)90(72(119)60(46-106)136-99)147-93-66(102-55(7)111)88(145-96-79(126)74(121)68(115)52(4)133-96)86(63(49-109)139-93)143-100-91(76(123)70(117)58(44-104)137-100)148-97-80(127)75(122)69(116)53(5)134-97/h22-23,40,42,51-53,56-63,65-100,104-109,112,114-130H,8-21,24-39,41,43-50H2,1-7H3,(H,101,110)(H,102,111)(H,103,113)/b23-22-,42-40+/t51?,52?,53?,56-,57+,58?,59?,60?,61?,62?,63?,65?,66?,67+,68+,69+,70-,71-,72-,73?,74?,75?,76-,77+,78-,79-,80-,81?,82?,83?,84+,85+,86+,87+,88+,89-,90-,91?,92-,93-,94+,95+,96+,97+,98-,99-,100-/m0/s1. The molecule has 47 atom stereocenters. The van der Waals surface area contributed by atoms with Gasteiger partial charge in [0.15, 0.2) is 56.6 Å². The number of hydrogen-bond acceptors (Lipinski definition) is 45. The lowest BCUT2D eigenvalue weighted by atomic mass is 9.93. The van der Waals surface area contributed by atoms with E-state index in [1.165, 1.54) is 130 Å². The quantitative estimate of drug-likeness (QED) is 0.0205. The number of ether oxygens (including phenoxy) is 18. The zero-order valence-electron chi connectivity index (χ0n) is 86.3. The molecule has 9 saturated heterocycles.